The van der Waals surface area contributed by atoms with Crippen LogP contribution in [0.15, 0.2) is 77.3 Å². The highest BCUT2D eigenvalue weighted by atomic mass is 79.9. The van der Waals surface area contributed by atoms with E-state index in [9.17, 15) is 19.5 Å². The van der Waals surface area contributed by atoms with Crippen LogP contribution in [0.5, 0.6) is 0 Å². The third-order valence-electron chi connectivity index (χ3n) is 4.00. The Balaban J connectivity index is 1.84. The van der Waals surface area contributed by atoms with Gasteiger partial charge in [-0.3, -0.25) is 20.4 Å². The Hall–Kier alpha value is -3.45. The average molecular weight is 439 g/mol. The predicted molar refractivity (Wildman–Crippen MR) is 108 cm³/mol. The lowest BCUT2D eigenvalue weighted by molar-refractivity contribution is 0.0697. The number of carboxylic acid groups (broad SMARTS) is 1. The van der Waals surface area contributed by atoms with Crippen molar-refractivity contribution >= 4 is 33.7 Å². The van der Waals surface area contributed by atoms with Crippen LogP contribution in [0.1, 0.15) is 31.1 Å². The monoisotopic (exact) mass is 438 g/mol. The molecule has 0 saturated heterocycles. The van der Waals surface area contributed by atoms with Crippen LogP contribution in [0.4, 0.5) is 0 Å². The molecule has 28 heavy (non-hydrogen) atoms. The van der Waals surface area contributed by atoms with Crippen molar-refractivity contribution in [3.8, 4) is 11.1 Å². The second-order valence-corrected chi connectivity index (χ2v) is 6.73. The fraction of sp³-hybridized carbons (Fsp3) is 0. The smallest absolute Gasteiger partial charge is 0.336 e. The standard InChI is InChI=1S/C21H15BrN2O4/c22-14-7-5-6-13(12-14)19(25)23-24-20(26)17-10-3-1-8-15(17)16-9-2-4-11-18(16)21(27)28/h1-12H,(H,23,25)(H,24,26)(H,27,28). The molecule has 0 aliphatic carbocycles. The topological polar surface area (TPSA) is 95.5 Å². The van der Waals surface area contributed by atoms with E-state index in [0.29, 0.717) is 16.7 Å². The molecular weight excluding hydrogens is 424 g/mol. The minimum Gasteiger partial charge on any atom is -0.478 e. The van der Waals surface area contributed by atoms with Gasteiger partial charge in [0, 0.05) is 15.6 Å². The van der Waals surface area contributed by atoms with Gasteiger partial charge in [-0.2, -0.15) is 0 Å². The van der Waals surface area contributed by atoms with Crippen LogP contribution >= 0.6 is 15.9 Å². The van der Waals surface area contributed by atoms with Gasteiger partial charge in [0.2, 0.25) is 0 Å². The number of amides is 2. The van der Waals surface area contributed by atoms with Crippen molar-refractivity contribution in [2.75, 3.05) is 0 Å². The molecule has 3 rings (SSSR count). The van der Waals surface area contributed by atoms with E-state index >= 15 is 0 Å². The van der Waals surface area contributed by atoms with Crippen LogP contribution in [0.25, 0.3) is 11.1 Å². The van der Waals surface area contributed by atoms with E-state index in [4.69, 9.17) is 0 Å². The van der Waals surface area contributed by atoms with Gasteiger partial charge in [0.05, 0.1) is 5.56 Å². The molecule has 3 N–H and O–H groups in total. The Labute approximate surface area is 169 Å². The van der Waals surface area contributed by atoms with Crippen molar-refractivity contribution in [2.45, 2.75) is 0 Å². The van der Waals surface area contributed by atoms with Crippen molar-refractivity contribution in [3.05, 3.63) is 94.0 Å². The van der Waals surface area contributed by atoms with E-state index < -0.39 is 17.8 Å². The van der Waals surface area contributed by atoms with Gasteiger partial charge in [-0.15, -0.1) is 0 Å². The Morgan fingerprint density at radius 3 is 1.93 bits per heavy atom. The zero-order valence-corrected chi connectivity index (χ0v) is 16.1. The van der Waals surface area contributed by atoms with Crippen LogP contribution in [0.2, 0.25) is 0 Å². The number of benzene rings is 3. The summed E-state index contributed by atoms with van der Waals surface area (Å²) < 4.78 is 0.738. The molecule has 0 bridgehead atoms. The summed E-state index contributed by atoms with van der Waals surface area (Å²) in [6, 6.07) is 19.8. The van der Waals surface area contributed by atoms with E-state index in [1.165, 1.54) is 6.07 Å². The molecule has 2 amide bonds. The molecule has 0 aliphatic heterocycles. The normalized spacial score (nSPS) is 10.2. The van der Waals surface area contributed by atoms with E-state index in [2.05, 4.69) is 26.8 Å². The fourth-order valence-electron chi connectivity index (χ4n) is 2.70. The third-order valence-corrected chi connectivity index (χ3v) is 4.49. The maximum atomic E-state index is 12.6. The molecular formula is C21H15BrN2O4. The first-order valence-corrected chi connectivity index (χ1v) is 9.04. The summed E-state index contributed by atoms with van der Waals surface area (Å²) in [7, 11) is 0. The lowest BCUT2D eigenvalue weighted by Crippen LogP contribution is -2.41. The summed E-state index contributed by atoms with van der Waals surface area (Å²) in [5, 5.41) is 9.42. The number of hydrazine groups is 1. The molecule has 7 heteroatoms. The Morgan fingerprint density at radius 2 is 1.29 bits per heavy atom. The van der Waals surface area contributed by atoms with Gasteiger partial charge in [-0.25, -0.2) is 4.79 Å². The second-order valence-electron chi connectivity index (χ2n) is 5.81. The van der Waals surface area contributed by atoms with Gasteiger partial charge < -0.3 is 5.11 Å². The maximum absolute atomic E-state index is 12.6. The minimum atomic E-state index is -1.09. The molecule has 140 valence electrons. The molecule has 0 aromatic heterocycles. The van der Waals surface area contributed by atoms with Gasteiger partial charge in [0.15, 0.2) is 0 Å². The molecule has 0 radical (unpaired) electrons. The minimum absolute atomic E-state index is 0.0842. The highest BCUT2D eigenvalue weighted by molar-refractivity contribution is 9.10. The zero-order valence-electron chi connectivity index (χ0n) is 14.5. The van der Waals surface area contributed by atoms with Crippen molar-refractivity contribution in [2.24, 2.45) is 0 Å². The number of hydrogen-bond acceptors (Lipinski definition) is 3. The highest BCUT2D eigenvalue weighted by Crippen LogP contribution is 2.27. The van der Waals surface area contributed by atoms with Gasteiger partial charge in [-0.1, -0.05) is 58.4 Å². The van der Waals surface area contributed by atoms with Gasteiger partial charge in [0.1, 0.15) is 0 Å². The SMILES string of the molecule is O=C(NNC(=O)c1ccccc1-c1ccccc1C(=O)O)c1cccc(Br)c1. The number of halogens is 1. The summed E-state index contributed by atoms with van der Waals surface area (Å²) in [6.45, 7) is 0. The number of carbonyl (C=O) groups is 3. The number of hydrogen-bond donors (Lipinski definition) is 3. The van der Waals surface area contributed by atoms with E-state index in [1.807, 2.05) is 0 Å². The average Bonchev–Trinajstić information content (AvgIpc) is 2.71. The van der Waals surface area contributed by atoms with Crippen LogP contribution < -0.4 is 10.9 Å². The number of aromatic carboxylic acids is 1. The maximum Gasteiger partial charge on any atom is 0.336 e. The van der Waals surface area contributed by atoms with Crippen LogP contribution in [-0.4, -0.2) is 22.9 Å². The lowest BCUT2D eigenvalue weighted by atomic mass is 9.95. The molecule has 0 atom stereocenters. The first-order valence-electron chi connectivity index (χ1n) is 8.25. The molecule has 0 aliphatic rings. The van der Waals surface area contributed by atoms with Crippen molar-refractivity contribution in [3.63, 3.8) is 0 Å². The molecule has 0 heterocycles. The summed E-state index contributed by atoms with van der Waals surface area (Å²) in [4.78, 5) is 36.4. The highest BCUT2D eigenvalue weighted by Gasteiger charge is 2.18. The van der Waals surface area contributed by atoms with Crippen molar-refractivity contribution in [1.82, 2.24) is 10.9 Å². The Kier molecular flexibility index (Phi) is 5.86. The Bertz CT molecular complexity index is 1070. The molecule has 0 saturated carbocycles. The van der Waals surface area contributed by atoms with Gasteiger partial charge in [0.25, 0.3) is 11.8 Å². The molecule has 0 unspecified atom stereocenters. The van der Waals surface area contributed by atoms with Crippen molar-refractivity contribution in [1.29, 1.82) is 0 Å². The lowest BCUT2D eigenvalue weighted by Gasteiger charge is -2.13. The number of nitrogens with one attached hydrogen (secondary N) is 2. The molecule has 6 nitrogen and oxygen atoms in total. The van der Waals surface area contributed by atoms with Crippen LogP contribution in [-0.2, 0) is 0 Å². The quantitative estimate of drug-likeness (QED) is 0.538. The predicted octanol–water partition coefficient (Wildman–Crippen LogP) is 3.89. The fourth-order valence-corrected chi connectivity index (χ4v) is 3.10. The van der Waals surface area contributed by atoms with Gasteiger partial charge >= 0.3 is 5.97 Å². The van der Waals surface area contributed by atoms with E-state index in [0.717, 1.165) is 4.47 Å². The van der Waals surface area contributed by atoms with E-state index in [1.54, 1.807) is 66.7 Å². The van der Waals surface area contributed by atoms with E-state index in [-0.39, 0.29) is 11.1 Å². The second kappa shape index (κ2) is 8.49. The molecule has 0 fully saturated rings. The largest absolute Gasteiger partial charge is 0.478 e. The van der Waals surface area contributed by atoms with Crippen LogP contribution in [0, 0.1) is 0 Å². The third kappa shape index (κ3) is 4.27. The summed E-state index contributed by atoms with van der Waals surface area (Å²) in [6.07, 6.45) is 0. The number of rotatable bonds is 4. The summed E-state index contributed by atoms with van der Waals surface area (Å²) >= 11 is 3.29. The molecule has 0 spiro atoms. The van der Waals surface area contributed by atoms with Crippen molar-refractivity contribution < 1.29 is 19.5 Å². The molecule has 3 aromatic carbocycles. The zero-order chi connectivity index (χ0) is 20.1. The van der Waals surface area contributed by atoms with Crippen LogP contribution in [0.3, 0.4) is 0 Å². The number of carbonyl (C=O) groups excluding carboxylic acids is 2. The first kappa shape index (κ1) is 19.3. The van der Waals surface area contributed by atoms with Gasteiger partial charge in [-0.05, 0) is 41.5 Å². The Morgan fingerprint density at radius 1 is 0.714 bits per heavy atom. The summed E-state index contributed by atoms with van der Waals surface area (Å²) in [5.41, 5.74) is 6.31. The summed E-state index contributed by atoms with van der Waals surface area (Å²) in [5.74, 6) is -2.12. The molecule has 3 aromatic rings. The first-order chi connectivity index (χ1) is 13.5. The number of carboxylic acids is 1.